The van der Waals surface area contributed by atoms with Crippen molar-refractivity contribution in [3.8, 4) is 0 Å². The Bertz CT molecular complexity index is 229. The lowest BCUT2D eigenvalue weighted by Gasteiger charge is -2.11. The van der Waals surface area contributed by atoms with E-state index in [1.807, 2.05) is 0 Å². The molecule has 0 unspecified atom stereocenters. The lowest BCUT2D eigenvalue weighted by atomic mass is 10.3. The fourth-order valence-electron chi connectivity index (χ4n) is 1.40. The Morgan fingerprint density at radius 1 is 1.25 bits per heavy atom. The van der Waals surface area contributed by atoms with E-state index in [1.54, 1.807) is 7.11 Å². The van der Waals surface area contributed by atoms with Crippen LogP contribution < -0.4 is 5.32 Å². The normalized spacial score (nSPS) is 15.7. The molecule has 0 aromatic carbocycles. The van der Waals surface area contributed by atoms with Crippen molar-refractivity contribution in [2.75, 3.05) is 40.0 Å². The summed E-state index contributed by atoms with van der Waals surface area (Å²) >= 11 is 0. The summed E-state index contributed by atoms with van der Waals surface area (Å²) < 4.78 is 10.1. The largest absolute Gasteiger partial charge is 0.382 e. The van der Waals surface area contributed by atoms with Crippen molar-refractivity contribution < 1.29 is 19.1 Å². The average molecular weight is 230 g/mol. The Labute approximate surface area is 94.9 Å². The van der Waals surface area contributed by atoms with E-state index in [4.69, 9.17) is 9.47 Å². The molecule has 1 N–H and O–H groups in total. The van der Waals surface area contributed by atoms with Gasteiger partial charge in [0.15, 0.2) is 0 Å². The monoisotopic (exact) mass is 230 g/mol. The average Bonchev–Trinajstić information content (AvgIpc) is 2.59. The molecule has 0 atom stereocenters. The molecular weight excluding hydrogens is 212 g/mol. The van der Waals surface area contributed by atoms with Gasteiger partial charge in [-0.05, 0) is 12.8 Å². The van der Waals surface area contributed by atoms with Crippen molar-refractivity contribution in [3.63, 3.8) is 0 Å². The van der Waals surface area contributed by atoms with Gasteiger partial charge in [-0.3, -0.25) is 9.69 Å². The zero-order valence-electron chi connectivity index (χ0n) is 9.53. The number of urea groups is 1. The van der Waals surface area contributed by atoms with Gasteiger partial charge in [0.05, 0.1) is 19.8 Å². The molecule has 0 spiro atoms. The molecule has 1 heterocycles. The van der Waals surface area contributed by atoms with Crippen LogP contribution in [0.25, 0.3) is 0 Å². The van der Waals surface area contributed by atoms with Gasteiger partial charge < -0.3 is 14.8 Å². The van der Waals surface area contributed by atoms with Crippen molar-refractivity contribution in [2.45, 2.75) is 12.8 Å². The fraction of sp³-hybridized carbons (Fsp3) is 0.800. The summed E-state index contributed by atoms with van der Waals surface area (Å²) in [5, 5.41) is 2.48. The van der Waals surface area contributed by atoms with Gasteiger partial charge >= 0.3 is 6.03 Å². The predicted octanol–water partition coefficient (Wildman–Crippen LogP) is -0.0186. The van der Waals surface area contributed by atoms with Gasteiger partial charge in [0.1, 0.15) is 0 Å². The topological polar surface area (TPSA) is 67.9 Å². The number of imide groups is 1. The van der Waals surface area contributed by atoms with Gasteiger partial charge in [-0.25, -0.2) is 4.79 Å². The predicted molar refractivity (Wildman–Crippen MR) is 57.0 cm³/mol. The number of hydrogen-bond donors (Lipinski definition) is 1. The third-order valence-electron chi connectivity index (χ3n) is 2.29. The Kier molecular flexibility index (Phi) is 5.81. The number of carbonyl (C=O) groups is 2. The molecule has 0 saturated carbocycles. The number of rotatable bonds is 8. The summed E-state index contributed by atoms with van der Waals surface area (Å²) in [6, 6.07) is -0.287. The van der Waals surface area contributed by atoms with Crippen molar-refractivity contribution in [1.82, 2.24) is 10.2 Å². The first-order valence-electron chi connectivity index (χ1n) is 5.40. The highest BCUT2D eigenvalue weighted by Crippen LogP contribution is 2.02. The second-order valence-corrected chi connectivity index (χ2v) is 3.52. The Morgan fingerprint density at radius 2 is 2.06 bits per heavy atom. The molecular formula is C10H18N2O4. The minimum Gasteiger partial charge on any atom is -0.382 e. The molecule has 1 fully saturated rings. The van der Waals surface area contributed by atoms with Crippen LogP contribution in [0.5, 0.6) is 0 Å². The first kappa shape index (κ1) is 12.9. The van der Waals surface area contributed by atoms with E-state index >= 15 is 0 Å². The van der Waals surface area contributed by atoms with E-state index in [-0.39, 0.29) is 18.5 Å². The maximum atomic E-state index is 11.2. The van der Waals surface area contributed by atoms with Crippen LogP contribution in [0.1, 0.15) is 12.8 Å². The number of ether oxygens (including phenoxy) is 2. The van der Waals surface area contributed by atoms with E-state index in [1.165, 1.54) is 4.90 Å². The smallest absolute Gasteiger partial charge is 0.324 e. The Morgan fingerprint density at radius 3 is 2.69 bits per heavy atom. The van der Waals surface area contributed by atoms with Gasteiger partial charge in [-0.1, -0.05) is 0 Å². The standard InChI is InChI=1S/C10H18N2O4/c1-15-6-7-16-5-3-2-4-12-9(13)8-11-10(12)14/h2-8H2,1H3,(H,11,14). The van der Waals surface area contributed by atoms with E-state index in [9.17, 15) is 9.59 Å². The van der Waals surface area contributed by atoms with Crippen LogP contribution >= 0.6 is 0 Å². The zero-order chi connectivity index (χ0) is 11.8. The number of amides is 3. The van der Waals surface area contributed by atoms with E-state index in [0.717, 1.165) is 12.8 Å². The fourth-order valence-corrected chi connectivity index (χ4v) is 1.40. The summed E-state index contributed by atoms with van der Waals surface area (Å²) in [6.45, 7) is 2.40. The highest BCUT2D eigenvalue weighted by molar-refractivity contribution is 6.01. The molecule has 16 heavy (non-hydrogen) atoms. The molecule has 1 saturated heterocycles. The molecule has 0 aromatic rings. The van der Waals surface area contributed by atoms with Gasteiger partial charge in [0, 0.05) is 20.3 Å². The SMILES string of the molecule is COCCOCCCCN1C(=O)CNC1=O. The zero-order valence-corrected chi connectivity index (χ0v) is 9.53. The van der Waals surface area contributed by atoms with Crippen LogP contribution in [0.15, 0.2) is 0 Å². The third-order valence-corrected chi connectivity index (χ3v) is 2.29. The molecule has 0 radical (unpaired) electrons. The molecule has 3 amide bonds. The minimum atomic E-state index is -0.287. The van der Waals surface area contributed by atoms with Crippen molar-refractivity contribution in [2.24, 2.45) is 0 Å². The lowest BCUT2D eigenvalue weighted by molar-refractivity contribution is -0.125. The molecule has 1 aliphatic rings. The minimum absolute atomic E-state index is 0.128. The Balaban J connectivity index is 1.98. The second-order valence-electron chi connectivity index (χ2n) is 3.52. The van der Waals surface area contributed by atoms with Gasteiger partial charge in [0.25, 0.3) is 0 Å². The van der Waals surface area contributed by atoms with Gasteiger partial charge in [-0.15, -0.1) is 0 Å². The quantitative estimate of drug-likeness (QED) is 0.470. The summed E-state index contributed by atoms with van der Waals surface area (Å²) in [6.07, 6.45) is 1.60. The molecule has 1 rings (SSSR count). The maximum Gasteiger partial charge on any atom is 0.324 e. The summed E-state index contributed by atoms with van der Waals surface area (Å²) in [7, 11) is 1.63. The number of hydrogen-bond acceptors (Lipinski definition) is 4. The third kappa shape index (κ3) is 4.16. The molecule has 6 nitrogen and oxygen atoms in total. The molecule has 92 valence electrons. The number of nitrogens with zero attached hydrogens (tertiary/aromatic N) is 1. The number of unbranched alkanes of at least 4 members (excludes halogenated alkanes) is 1. The van der Waals surface area contributed by atoms with E-state index in [0.29, 0.717) is 26.4 Å². The van der Waals surface area contributed by atoms with Crippen LogP contribution in [0.3, 0.4) is 0 Å². The van der Waals surface area contributed by atoms with Crippen LogP contribution in [0, 0.1) is 0 Å². The van der Waals surface area contributed by atoms with Crippen LogP contribution in [-0.4, -0.2) is 56.9 Å². The molecule has 6 heteroatoms. The van der Waals surface area contributed by atoms with Crippen LogP contribution in [0.2, 0.25) is 0 Å². The summed E-state index contributed by atoms with van der Waals surface area (Å²) in [5.74, 6) is -0.148. The van der Waals surface area contributed by atoms with Gasteiger partial charge in [0.2, 0.25) is 5.91 Å². The van der Waals surface area contributed by atoms with Crippen molar-refractivity contribution >= 4 is 11.9 Å². The molecule has 0 aliphatic carbocycles. The molecule has 0 aromatic heterocycles. The summed E-state index contributed by atoms with van der Waals surface area (Å²) in [5.41, 5.74) is 0. The van der Waals surface area contributed by atoms with E-state index in [2.05, 4.69) is 5.32 Å². The Hall–Kier alpha value is -1.14. The van der Waals surface area contributed by atoms with Crippen LogP contribution in [-0.2, 0) is 14.3 Å². The van der Waals surface area contributed by atoms with E-state index < -0.39 is 0 Å². The lowest BCUT2D eigenvalue weighted by Crippen LogP contribution is -2.31. The molecule has 1 aliphatic heterocycles. The first-order valence-corrected chi connectivity index (χ1v) is 5.40. The second kappa shape index (κ2) is 7.19. The number of nitrogens with one attached hydrogen (secondary N) is 1. The highest BCUT2D eigenvalue weighted by Gasteiger charge is 2.27. The number of carbonyl (C=O) groups excluding carboxylic acids is 2. The van der Waals surface area contributed by atoms with Gasteiger partial charge in [-0.2, -0.15) is 0 Å². The highest BCUT2D eigenvalue weighted by atomic mass is 16.5. The first-order chi connectivity index (χ1) is 7.75. The van der Waals surface area contributed by atoms with Crippen molar-refractivity contribution in [3.05, 3.63) is 0 Å². The number of methoxy groups -OCH3 is 1. The van der Waals surface area contributed by atoms with Crippen molar-refractivity contribution in [1.29, 1.82) is 0 Å². The maximum absolute atomic E-state index is 11.2. The molecule has 0 bridgehead atoms. The summed E-state index contributed by atoms with van der Waals surface area (Å²) in [4.78, 5) is 23.6. The van der Waals surface area contributed by atoms with Crippen LogP contribution in [0.4, 0.5) is 4.79 Å².